The number of allylic oxidation sites excluding steroid dienone is 1. The number of amides is 2. The molecule has 0 aromatic heterocycles. The summed E-state index contributed by atoms with van der Waals surface area (Å²) in [7, 11) is 0. The zero-order valence-electron chi connectivity index (χ0n) is 15.3. The zero-order valence-corrected chi connectivity index (χ0v) is 15.3. The van der Waals surface area contributed by atoms with Gasteiger partial charge in [0.25, 0.3) is 0 Å². The van der Waals surface area contributed by atoms with Crippen LogP contribution in [0.15, 0.2) is 72.9 Å². The summed E-state index contributed by atoms with van der Waals surface area (Å²) >= 11 is 0. The Kier molecular flexibility index (Phi) is 6.45. The van der Waals surface area contributed by atoms with E-state index in [4.69, 9.17) is 0 Å². The number of carbonyl (C=O) groups is 1. The predicted molar refractivity (Wildman–Crippen MR) is 106 cm³/mol. The second-order valence-corrected chi connectivity index (χ2v) is 6.51. The van der Waals surface area contributed by atoms with Crippen molar-refractivity contribution in [3.05, 3.63) is 84.1 Å². The van der Waals surface area contributed by atoms with Crippen molar-refractivity contribution < 1.29 is 4.79 Å². The van der Waals surface area contributed by atoms with Gasteiger partial charge in [-0.2, -0.15) is 0 Å². The van der Waals surface area contributed by atoms with Gasteiger partial charge in [-0.05, 0) is 17.5 Å². The van der Waals surface area contributed by atoms with Crippen LogP contribution in [0, 0.1) is 0 Å². The maximum atomic E-state index is 12.2. The van der Waals surface area contributed by atoms with Crippen molar-refractivity contribution in [2.75, 3.05) is 26.2 Å². The first-order valence-corrected chi connectivity index (χ1v) is 9.34. The van der Waals surface area contributed by atoms with Crippen molar-refractivity contribution in [3.8, 4) is 0 Å². The number of nitrogens with one attached hydrogen (secondary N) is 1. The minimum absolute atomic E-state index is 0.00896. The number of urea groups is 1. The van der Waals surface area contributed by atoms with Crippen LogP contribution in [0.1, 0.15) is 30.5 Å². The van der Waals surface area contributed by atoms with E-state index in [2.05, 4.69) is 77.8 Å². The number of rotatable bonds is 5. The van der Waals surface area contributed by atoms with Gasteiger partial charge in [-0.1, -0.05) is 73.7 Å². The van der Waals surface area contributed by atoms with E-state index in [0.29, 0.717) is 0 Å². The molecule has 1 N–H and O–H groups in total. The third kappa shape index (κ3) is 4.52. The number of benzene rings is 2. The molecule has 0 spiro atoms. The molecule has 1 saturated heterocycles. The summed E-state index contributed by atoms with van der Waals surface area (Å²) in [6, 6.07) is 21.4. The minimum Gasteiger partial charge on any atom is -0.322 e. The number of carbonyl (C=O) groups excluding carboxylic acids is 1. The number of piperazine rings is 1. The molecule has 1 fully saturated rings. The molecular formula is C22H27N3O. The summed E-state index contributed by atoms with van der Waals surface area (Å²) in [5, 5.41) is 2.85. The molecule has 2 amide bonds. The summed E-state index contributed by atoms with van der Waals surface area (Å²) in [5.41, 5.74) is 2.59. The highest BCUT2D eigenvalue weighted by atomic mass is 16.2. The Labute approximate surface area is 156 Å². The summed E-state index contributed by atoms with van der Waals surface area (Å²) < 4.78 is 0. The van der Waals surface area contributed by atoms with Crippen molar-refractivity contribution in [1.29, 1.82) is 0 Å². The van der Waals surface area contributed by atoms with Gasteiger partial charge in [0, 0.05) is 32.4 Å². The smallest absolute Gasteiger partial charge is 0.321 e. The summed E-state index contributed by atoms with van der Waals surface area (Å²) in [6.07, 6.45) is 4.62. The molecule has 1 aliphatic heterocycles. The molecule has 0 aliphatic carbocycles. The molecule has 2 aromatic rings. The van der Waals surface area contributed by atoms with Crippen molar-refractivity contribution in [3.63, 3.8) is 0 Å². The normalized spacial score (nSPS) is 15.5. The molecule has 4 heteroatoms. The van der Waals surface area contributed by atoms with Crippen LogP contribution in [0.4, 0.5) is 4.79 Å². The first-order valence-electron chi connectivity index (χ1n) is 9.34. The van der Waals surface area contributed by atoms with Gasteiger partial charge in [-0.3, -0.25) is 4.90 Å². The second kappa shape index (κ2) is 9.20. The van der Waals surface area contributed by atoms with E-state index in [1.165, 1.54) is 11.1 Å². The van der Waals surface area contributed by atoms with Crippen molar-refractivity contribution in [1.82, 2.24) is 15.1 Å². The van der Waals surface area contributed by atoms with Crippen molar-refractivity contribution in [2.45, 2.75) is 19.4 Å². The lowest BCUT2D eigenvalue weighted by molar-refractivity contribution is 0.122. The molecule has 0 atom stereocenters. The molecule has 26 heavy (non-hydrogen) atoms. The molecule has 0 unspecified atom stereocenters. The fourth-order valence-electron chi connectivity index (χ4n) is 3.41. The fraction of sp³-hybridized carbons (Fsp3) is 0.318. The van der Waals surface area contributed by atoms with E-state index < -0.39 is 0 Å². The van der Waals surface area contributed by atoms with Crippen LogP contribution in [-0.2, 0) is 0 Å². The molecule has 0 saturated carbocycles. The average molecular weight is 349 g/mol. The fourth-order valence-corrected chi connectivity index (χ4v) is 3.41. The zero-order chi connectivity index (χ0) is 18.2. The van der Waals surface area contributed by atoms with Crippen LogP contribution >= 0.6 is 0 Å². The Balaban J connectivity index is 1.70. The molecule has 3 rings (SSSR count). The van der Waals surface area contributed by atoms with Gasteiger partial charge in [0.2, 0.25) is 0 Å². The minimum atomic E-state index is -0.00896. The molecule has 136 valence electrons. The van der Waals surface area contributed by atoms with Gasteiger partial charge in [-0.25, -0.2) is 4.79 Å². The lowest BCUT2D eigenvalue weighted by Crippen LogP contribution is -2.51. The summed E-state index contributed by atoms with van der Waals surface area (Å²) in [6.45, 7) is 5.25. The molecule has 0 radical (unpaired) electrons. The standard InChI is InChI=1S/C22H27N3O/c1-2-3-14-23-22(26)25-17-15-24(16-18-25)21(19-10-6-4-7-11-19)20-12-8-5-9-13-20/h3-14,21H,2,15-18H2,1H3,(H,23,26)/b14-3+. The van der Waals surface area contributed by atoms with Gasteiger partial charge in [0.05, 0.1) is 6.04 Å². The van der Waals surface area contributed by atoms with Crippen LogP contribution in [0.25, 0.3) is 0 Å². The number of nitrogens with zero attached hydrogens (tertiary/aromatic N) is 2. The molecular weight excluding hydrogens is 322 g/mol. The monoisotopic (exact) mass is 349 g/mol. The van der Waals surface area contributed by atoms with E-state index in [-0.39, 0.29) is 12.1 Å². The average Bonchev–Trinajstić information content (AvgIpc) is 2.70. The molecule has 4 nitrogen and oxygen atoms in total. The largest absolute Gasteiger partial charge is 0.322 e. The highest BCUT2D eigenvalue weighted by Gasteiger charge is 2.27. The van der Waals surface area contributed by atoms with Crippen LogP contribution in [-0.4, -0.2) is 42.0 Å². The van der Waals surface area contributed by atoms with Crippen molar-refractivity contribution in [2.24, 2.45) is 0 Å². The quantitative estimate of drug-likeness (QED) is 0.885. The Morgan fingerprint density at radius 2 is 1.50 bits per heavy atom. The Hall–Kier alpha value is -2.59. The highest BCUT2D eigenvalue weighted by molar-refractivity contribution is 5.75. The molecule has 1 aliphatic rings. The molecule has 2 aromatic carbocycles. The summed E-state index contributed by atoms with van der Waals surface area (Å²) in [5.74, 6) is 0. The van der Waals surface area contributed by atoms with Gasteiger partial charge in [0.1, 0.15) is 0 Å². The van der Waals surface area contributed by atoms with E-state index in [1.807, 2.05) is 11.0 Å². The van der Waals surface area contributed by atoms with E-state index >= 15 is 0 Å². The maximum Gasteiger partial charge on any atom is 0.321 e. The SMILES string of the molecule is CC/C=C/NC(=O)N1CCN(C(c2ccccc2)c2ccccc2)CC1. The lowest BCUT2D eigenvalue weighted by atomic mass is 9.96. The Morgan fingerprint density at radius 1 is 0.962 bits per heavy atom. The molecule has 0 bridgehead atoms. The predicted octanol–water partition coefficient (Wildman–Crippen LogP) is 4.03. The number of hydrogen-bond acceptors (Lipinski definition) is 2. The Morgan fingerprint density at radius 3 is 2.00 bits per heavy atom. The van der Waals surface area contributed by atoms with Crippen LogP contribution in [0.3, 0.4) is 0 Å². The van der Waals surface area contributed by atoms with E-state index in [1.54, 1.807) is 6.20 Å². The van der Waals surface area contributed by atoms with Crippen LogP contribution in [0.2, 0.25) is 0 Å². The first kappa shape index (κ1) is 18.2. The van der Waals surface area contributed by atoms with E-state index in [0.717, 1.165) is 32.6 Å². The Bertz CT molecular complexity index is 667. The second-order valence-electron chi connectivity index (χ2n) is 6.51. The first-order chi connectivity index (χ1) is 12.8. The topological polar surface area (TPSA) is 35.6 Å². The van der Waals surface area contributed by atoms with Crippen molar-refractivity contribution >= 4 is 6.03 Å². The highest BCUT2D eigenvalue weighted by Crippen LogP contribution is 2.29. The van der Waals surface area contributed by atoms with Gasteiger partial charge in [0.15, 0.2) is 0 Å². The van der Waals surface area contributed by atoms with Gasteiger partial charge < -0.3 is 10.2 Å². The van der Waals surface area contributed by atoms with E-state index in [9.17, 15) is 4.79 Å². The third-order valence-corrected chi connectivity index (χ3v) is 4.76. The molecule has 1 heterocycles. The van der Waals surface area contributed by atoms with Gasteiger partial charge >= 0.3 is 6.03 Å². The van der Waals surface area contributed by atoms with Crippen LogP contribution in [0.5, 0.6) is 0 Å². The maximum absolute atomic E-state index is 12.2. The third-order valence-electron chi connectivity index (χ3n) is 4.76. The number of hydrogen-bond donors (Lipinski definition) is 1. The van der Waals surface area contributed by atoms with Gasteiger partial charge in [-0.15, -0.1) is 0 Å². The summed E-state index contributed by atoms with van der Waals surface area (Å²) in [4.78, 5) is 16.6. The lowest BCUT2D eigenvalue weighted by Gasteiger charge is -2.39. The van der Waals surface area contributed by atoms with Crippen LogP contribution < -0.4 is 5.32 Å².